The number of aliphatic carboxylic acids is 1. The van der Waals surface area contributed by atoms with E-state index in [1.807, 2.05) is 6.92 Å². The van der Waals surface area contributed by atoms with Crippen molar-refractivity contribution in [3.63, 3.8) is 0 Å². The van der Waals surface area contributed by atoms with E-state index in [9.17, 15) is 19.8 Å². The molecule has 0 saturated heterocycles. The maximum Gasteiger partial charge on any atom is 0.303 e. The van der Waals surface area contributed by atoms with Crippen LogP contribution in [0, 0.1) is 22.2 Å². The summed E-state index contributed by atoms with van der Waals surface area (Å²) < 4.78 is 0. The first kappa shape index (κ1) is 18.4. The van der Waals surface area contributed by atoms with Crippen molar-refractivity contribution < 1.29 is 19.8 Å². The van der Waals surface area contributed by atoms with Gasteiger partial charge in [0.15, 0.2) is 5.78 Å². The normalized spacial score (nSPS) is 44.1. The summed E-state index contributed by atoms with van der Waals surface area (Å²) in [6.07, 6.45) is 5.86. The summed E-state index contributed by atoms with van der Waals surface area (Å²) >= 11 is 0. The van der Waals surface area contributed by atoms with Crippen LogP contribution in [0.5, 0.6) is 0 Å². The second-order valence-electron chi connectivity index (χ2n) is 9.14. The molecule has 0 bridgehead atoms. The lowest BCUT2D eigenvalue weighted by Crippen LogP contribution is -2.53. The fraction of sp³-hybridized carbons (Fsp3) is 0.714. The number of allylic oxidation sites excluding steroid dienone is 2. The molecule has 0 spiro atoms. The van der Waals surface area contributed by atoms with Crippen LogP contribution >= 0.6 is 0 Å². The van der Waals surface area contributed by atoms with E-state index in [1.54, 1.807) is 6.08 Å². The van der Waals surface area contributed by atoms with Crippen LogP contribution in [-0.4, -0.2) is 28.1 Å². The molecule has 0 radical (unpaired) electrons. The van der Waals surface area contributed by atoms with Crippen molar-refractivity contribution in [2.75, 3.05) is 0 Å². The quantitative estimate of drug-likeness (QED) is 0.760. The summed E-state index contributed by atoms with van der Waals surface area (Å²) in [6.45, 7) is 9.99. The summed E-state index contributed by atoms with van der Waals surface area (Å²) in [5, 5.41) is 20.3. The monoisotopic (exact) mass is 346 g/mol. The van der Waals surface area contributed by atoms with Crippen molar-refractivity contribution >= 4 is 11.8 Å². The van der Waals surface area contributed by atoms with Crippen LogP contribution in [0.25, 0.3) is 0 Å². The van der Waals surface area contributed by atoms with Gasteiger partial charge in [0, 0.05) is 11.0 Å². The molecule has 0 aromatic rings. The number of hydrogen-bond donors (Lipinski definition) is 2. The van der Waals surface area contributed by atoms with Crippen LogP contribution in [0.4, 0.5) is 0 Å². The number of aliphatic hydroxyl groups excluding tert-OH is 1. The molecule has 0 aliphatic heterocycles. The highest BCUT2D eigenvalue weighted by Gasteiger charge is 2.57. The Balaban J connectivity index is 2.09. The number of fused-ring (bicyclic) bond motifs is 2. The average Bonchev–Trinajstić information content (AvgIpc) is 2.52. The molecule has 1 fully saturated rings. The SMILES string of the molecule is C=CC1(C)CCC2=C(C1=O)C(O)CC1C(C)(CC(=O)O)CCCC21C. The molecule has 0 aromatic heterocycles. The molecular formula is C21H30O4. The number of ketones is 1. The highest BCUT2D eigenvalue weighted by atomic mass is 16.4. The predicted molar refractivity (Wildman–Crippen MR) is 96.0 cm³/mol. The Bertz CT molecular complexity index is 663. The zero-order valence-electron chi connectivity index (χ0n) is 15.6. The van der Waals surface area contributed by atoms with Gasteiger partial charge in [0.25, 0.3) is 0 Å². The van der Waals surface area contributed by atoms with Crippen molar-refractivity contribution in [1.29, 1.82) is 0 Å². The fourth-order valence-electron chi connectivity index (χ4n) is 6.00. The Hall–Kier alpha value is -1.42. The molecule has 3 aliphatic carbocycles. The minimum absolute atomic E-state index is 0.0152. The number of hydrogen-bond acceptors (Lipinski definition) is 3. The molecule has 0 amide bonds. The smallest absolute Gasteiger partial charge is 0.303 e. The van der Waals surface area contributed by atoms with Crippen LogP contribution in [-0.2, 0) is 9.59 Å². The molecule has 5 atom stereocenters. The number of carbonyl (C=O) groups is 2. The van der Waals surface area contributed by atoms with Gasteiger partial charge in [0.1, 0.15) is 0 Å². The number of Topliss-reactive ketones (excluding diaryl/α,β-unsaturated/α-hetero) is 1. The number of rotatable bonds is 3. The molecule has 0 heterocycles. The van der Waals surface area contributed by atoms with Gasteiger partial charge in [-0.2, -0.15) is 0 Å². The first-order chi connectivity index (χ1) is 11.6. The van der Waals surface area contributed by atoms with Gasteiger partial charge < -0.3 is 10.2 Å². The van der Waals surface area contributed by atoms with E-state index in [0.717, 1.165) is 37.7 Å². The fourth-order valence-corrected chi connectivity index (χ4v) is 6.00. The Kier molecular flexibility index (Phi) is 4.26. The van der Waals surface area contributed by atoms with Crippen LogP contribution in [0.1, 0.15) is 65.7 Å². The molecule has 25 heavy (non-hydrogen) atoms. The van der Waals surface area contributed by atoms with Crippen molar-refractivity contribution in [3.05, 3.63) is 23.8 Å². The summed E-state index contributed by atoms with van der Waals surface area (Å²) in [6, 6.07) is 0. The van der Waals surface area contributed by atoms with E-state index < -0.39 is 17.5 Å². The molecule has 4 heteroatoms. The minimum atomic E-state index is -0.786. The van der Waals surface area contributed by atoms with Crippen LogP contribution < -0.4 is 0 Å². The van der Waals surface area contributed by atoms with E-state index in [1.165, 1.54) is 0 Å². The standard InChI is InChI=1S/C21H30O4/c1-5-19(2)10-7-13-17(18(19)25)14(22)11-15-20(3,12-16(23)24)8-6-9-21(13,15)4/h5,14-15,22H,1,6-12H2,2-4H3,(H,23,24). The predicted octanol–water partition coefficient (Wildman–Crippen LogP) is 3.89. The maximum atomic E-state index is 13.1. The molecule has 138 valence electrons. The van der Waals surface area contributed by atoms with Crippen molar-refractivity contribution in [1.82, 2.24) is 0 Å². The van der Waals surface area contributed by atoms with Crippen molar-refractivity contribution in [2.45, 2.75) is 71.8 Å². The van der Waals surface area contributed by atoms with E-state index in [-0.39, 0.29) is 29.0 Å². The third-order valence-electron chi connectivity index (χ3n) is 7.52. The lowest BCUT2D eigenvalue weighted by molar-refractivity contribution is -0.144. The number of carbonyl (C=O) groups excluding carboxylic acids is 1. The van der Waals surface area contributed by atoms with E-state index in [0.29, 0.717) is 12.0 Å². The molecular weight excluding hydrogens is 316 g/mol. The largest absolute Gasteiger partial charge is 0.481 e. The molecule has 5 unspecified atom stereocenters. The lowest BCUT2D eigenvalue weighted by atomic mass is 9.46. The topological polar surface area (TPSA) is 74.6 Å². The number of carboxylic acids is 1. The van der Waals surface area contributed by atoms with Gasteiger partial charge in [-0.25, -0.2) is 0 Å². The average molecular weight is 346 g/mol. The van der Waals surface area contributed by atoms with Crippen molar-refractivity contribution in [2.24, 2.45) is 22.2 Å². The van der Waals surface area contributed by atoms with Gasteiger partial charge in [0.05, 0.1) is 12.5 Å². The van der Waals surface area contributed by atoms with Gasteiger partial charge in [-0.3, -0.25) is 9.59 Å². The van der Waals surface area contributed by atoms with Crippen LogP contribution in [0.3, 0.4) is 0 Å². The van der Waals surface area contributed by atoms with E-state index >= 15 is 0 Å². The summed E-state index contributed by atoms with van der Waals surface area (Å²) in [4.78, 5) is 24.5. The van der Waals surface area contributed by atoms with Crippen LogP contribution in [0.15, 0.2) is 23.8 Å². The number of aliphatic hydroxyl groups is 1. The maximum absolute atomic E-state index is 13.1. The highest BCUT2D eigenvalue weighted by molar-refractivity contribution is 6.03. The third kappa shape index (κ3) is 2.61. The minimum Gasteiger partial charge on any atom is -0.481 e. The molecule has 2 N–H and O–H groups in total. The van der Waals surface area contributed by atoms with Gasteiger partial charge in [-0.1, -0.05) is 31.9 Å². The van der Waals surface area contributed by atoms with Crippen molar-refractivity contribution in [3.8, 4) is 0 Å². The first-order valence-electron chi connectivity index (χ1n) is 9.39. The molecule has 1 saturated carbocycles. The second-order valence-corrected chi connectivity index (χ2v) is 9.14. The van der Waals surface area contributed by atoms with E-state index in [4.69, 9.17) is 0 Å². The van der Waals surface area contributed by atoms with Gasteiger partial charge in [0.2, 0.25) is 0 Å². The second kappa shape index (κ2) is 5.80. The Morgan fingerprint density at radius 3 is 2.56 bits per heavy atom. The first-order valence-corrected chi connectivity index (χ1v) is 9.39. The summed E-state index contributed by atoms with van der Waals surface area (Å²) in [5.74, 6) is -0.666. The summed E-state index contributed by atoms with van der Waals surface area (Å²) in [5.41, 5.74) is 0.585. The molecule has 3 rings (SSSR count). The highest BCUT2D eigenvalue weighted by Crippen LogP contribution is 2.63. The van der Waals surface area contributed by atoms with E-state index in [2.05, 4.69) is 20.4 Å². The van der Waals surface area contributed by atoms with Gasteiger partial charge >= 0.3 is 5.97 Å². The van der Waals surface area contributed by atoms with Crippen LogP contribution in [0.2, 0.25) is 0 Å². The Morgan fingerprint density at radius 1 is 1.28 bits per heavy atom. The summed E-state index contributed by atoms with van der Waals surface area (Å²) in [7, 11) is 0. The third-order valence-corrected chi connectivity index (χ3v) is 7.52. The Labute approximate surface area is 150 Å². The zero-order valence-corrected chi connectivity index (χ0v) is 15.6. The zero-order chi connectivity index (χ0) is 18.6. The Morgan fingerprint density at radius 2 is 1.96 bits per heavy atom. The lowest BCUT2D eigenvalue weighted by Gasteiger charge is -2.58. The molecule has 4 nitrogen and oxygen atoms in total. The van der Waals surface area contributed by atoms with Gasteiger partial charge in [-0.05, 0) is 55.8 Å². The molecule has 3 aliphatic rings. The van der Waals surface area contributed by atoms with Gasteiger partial charge in [-0.15, -0.1) is 6.58 Å². The molecule has 0 aromatic carbocycles. The number of carboxylic acid groups (broad SMARTS) is 1.